The number of anilines is 2. The highest BCUT2D eigenvalue weighted by molar-refractivity contribution is 8.03. The number of pyridine rings is 1. The lowest BCUT2D eigenvalue weighted by atomic mass is 10.1. The van der Waals surface area contributed by atoms with Gasteiger partial charge < -0.3 is 52.7 Å². The molecule has 0 bridgehead atoms. The van der Waals surface area contributed by atoms with Crippen LogP contribution < -0.4 is 38.3 Å². The van der Waals surface area contributed by atoms with Gasteiger partial charge in [-0.05, 0) is 56.8 Å². The molecule has 3 aromatic rings. The third-order valence-electron chi connectivity index (χ3n) is 7.60. The van der Waals surface area contributed by atoms with E-state index in [1.807, 2.05) is 11.8 Å². The molecule has 1 aliphatic rings. The van der Waals surface area contributed by atoms with Crippen molar-refractivity contribution in [2.75, 3.05) is 104 Å². The quantitative estimate of drug-likeness (QED) is 0.0994. The van der Waals surface area contributed by atoms with Gasteiger partial charge in [0.25, 0.3) is 5.82 Å². The van der Waals surface area contributed by atoms with Gasteiger partial charge in [0.1, 0.15) is 12.1 Å². The number of hydrogen-bond acceptors (Lipinski definition) is 8. The van der Waals surface area contributed by atoms with E-state index in [0.717, 1.165) is 39.0 Å². The molecule has 4 rings (SSSR count). The number of nitrogens with zero attached hydrogens (tertiary/aromatic N) is 4. The van der Waals surface area contributed by atoms with E-state index in [4.69, 9.17) is 18.9 Å². The van der Waals surface area contributed by atoms with Crippen molar-refractivity contribution in [3.63, 3.8) is 0 Å². The van der Waals surface area contributed by atoms with E-state index in [2.05, 4.69) is 108 Å². The van der Waals surface area contributed by atoms with Gasteiger partial charge in [-0.25, -0.2) is 4.57 Å². The Balaban J connectivity index is 0.00000552. The highest BCUT2D eigenvalue weighted by Crippen LogP contribution is 2.45. The Hall–Kier alpha value is -1.93. The number of ether oxygens (including phenoxy) is 4. The van der Waals surface area contributed by atoms with Gasteiger partial charge in [-0.1, -0.05) is 49.0 Å². The molecule has 1 aromatic heterocycles. The van der Waals surface area contributed by atoms with Gasteiger partial charge in [0.15, 0.2) is 0 Å². The Morgan fingerprint density at radius 1 is 0.844 bits per heavy atom. The number of aromatic nitrogens is 1. The normalized spacial score (nSPS) is 13.6. The van der Waals surface area contributed by atoms with Crippen molar-refractivity contribution in [2.45, 2.75) is 31.2 Å². The van der Waals surface area contributed by atoms with Gasteiger partial charge >= 0.3 is 0 Å². The fourth-order valence-electron chi connectivity index (χ4n) is 5.40. The zero-order chi connectivity index (χ0) is 31.1. The van der Waals surface area contributed by atoms with Crippen LogP contribution in [-0.2, 0) is 25.5 Å². The largest absolute Gasteiger partial charge is 1.00 e. The van der Waals surface area contributed by atoms with Crippen molar-refractivity contribution < 1.29 is 47.5 Å². The molecule has 10 heteroatoms. The first-order chi connectivity index (χ1) is 21.5. The Kier molecular flexibility index (Phi) is 17.0. The summed E-state index contributed by atoms with van der Waals surface area (Å²) < 4.78 is 24.7. The molecule has 0 N–H and O–H groups in total. The molecule has 2 heterocycles. The minimum Gasteiger partial charge on any atom is -1.00 e. The first-order valence-corrected chi connectivity index (χ1v) is 16.6. The molecular formula is C35H51IN4O4S. The Morgan fingerprint density at radius 3 is 2.20 bits per heavy atom. The zero-order valence-electron chi connectivity index (χ0n) is 27.7. The summed E-state index contributed by atoms with van der Waals surface area (Å²) in [7, 11) is 8.13. The van der Waals surface area contributed by atoms with E-state index in [9.17, 15) is 0 Å². The zero-order valence-corrected chi connectivity index (χ0v) is 30.6. The maximum absolute atomic E-state index is 6.07. The maximum atomic E-state index is 6.07. The number of fused-ring (bicyclic) bond motifs is 2. The van der Waals surface area contributed by atoms with Crippen LogP contribution in [0, 0.1) is 0 Å². The average molecular weight is 751 g/mol. The van der Waals surface area contributed by atoms with Crippen molar-refractivity contribution in [2.24, 2.45) is 0 Å². The van der Waals surface area contributed by atoms with Gasteiger partial charge in [-0.15, -0.1) is 0 Å². The van der Waals surface area contributed by atoms with Crippen LogP contribution >= 0.6 is 11.8 Å². The molecule has 0 aliphatic carbocycles. The molecule has 45 heavy (non-hydrogen) atoms. The van der Waals surface area contributed by atoms with E-state index in [0.29, 0.717) is 46.2 Å². The van der Waals surface area contributed by atoms with Crippen molar-refractivity contribution in [3.05, 3.63) is 65.2 Å². The number of methoxy groups -OCH3 is 1. The molecule has 0 unspecified atom stereocenters. The van der Waals surface area contributed by atoms with Gasteiger partial charge in [0, 0.05) is 37.1 Å². The van der Waals surface area contributed by atoms with Crippen LogP contribution in [0.1, 0.15) is 25.3 Å². The second-order valence-corrected chi connectivity index (χ2v) is 12.3. The predicted molar refractivity (Wildman–Crippen MR) is 183 cm³/mol. The number of halogens is 1. The Morgan fingerprint density at radius 2 is 1.51 bits per heavy atom. The lowest BCUT2D eigenvalue weighted by Gasteiger charge is -2.23. The van der Waals surface area contributed by atoms with Gasteiger partial charge in [0.2, 0.25) is 0 Å². The molecule has 1 aliphatic heterocycles. The minimum atomic E-state index is 0. The molecule has 0 amide bonds. The van der Waals surface area contributed by atoms with Crippen LogP contribution in [0.15, 0.2) is 64.5 Å². The molecule has 0 saturated carbocycles. The first-order valence-electron chi connectivity index (χ1n) is 15.8. The van der Waals surface area contributed by atoms with E-state index in [-0.39, 0.29) is 24.0 Å². The lowest BCUT2D eigenvalue weighted by Crippen LogP contribution is -3.00. The summed E-state index contributed by atoms with van der Waals surface area (Å²) in [5.74, 6) is 1.24. The van der Waals surface area contributed by atoms with Crippen molar-refractivity contribution in [1.29, 1.82) is 0 Å². The van der Waals surface area contributed by atoms with E-state index >= 15 is 0 Å². The fraction of sp³-hybridized carbons (Fsp3) is 0.514. The number of hydrogen-bond donors (Lipinski definition) is 0. The smallest absolute Gasteiger partial charge is 0.277 e. The van der Waals surface area contributed by atoms with E-state index < -0.39 is 0 Å². The summed E-state index contributed by atoms with van der Waals surface area (Å²) in [6.45, 7) is 10.1. The van der Waals surface area contributed by atoms with E-state index in [1.54, 1.807) is 7.11 Å². The predicted octanol–water partition coefficient (Wildman–Crippen LogP) is 2.54. The molecule has 0 saturated heterocycles. The van der Waals surface area contributed by atoms with Crippen molar-refractivity contribution >= 4 is 40.2 Å². The third kappa shape index (κ3) is 11.1. The van der Waals surface area contributed by atoms with Crippen LogP contribution in [0.5, 0.6) is 0 Å². The van der Waals surface area contributed by atoms with Gasteiger partial charge in [-0.2, -0.15) is 0 Å². The highest BCUT2D eigenvalue weighted by Gasteiger charge is 2.25. The number of thioether (sulfide) groups is 1. The number of para-hydroxylation sites is 2. The topological polar surface area (TPSA) is 50.5 Å². The summed E-state index contributed by atoms with van der Waals surface area (Å²) in [6, 6.07) is 19.8. The molecule has 248 valence electrons. The van der Waals surface area contributed by atoms with Crippen LogP contribution in [0.25, 0.3) is 17.0 Å². The SMILES string of the molecule is CCCN(CCCN(C)C)c1cc(C=C2Sc3ccccc3N2C)c2ccccc2[n+]1CCOCCOCCOCCOC.[I-]. The molecule has 2 aromatic carbocycles. The first kappa shape index (κ1) is 37.5. The van der Waals surface area contributed by atoms with Crippen molar-refractivity contribution in [1.82, 2.24) is 4.90 Å². The van der Waals surface area contributed by atoms with E-state index in [1.165, 1.54) is 37.9 Å². The van der Waals surface area contributed by atoms with Crippen LogP contribution in [0.2, 0.25) is 0 Å². The van der Waals surface area contributed by atoms with Crippen LogP contribution in [-0.4, -0.2) is 99.0 Å². The van der Waals surface area contributed by atoms with Crippen LogP contribution in [0.4, 0.5) is 11.5 Å². The minimum absolute atomic E-state index is 0. The average Bonchev–Trinajstić information content (AvgIpc) is 3.34. The maximum Gasteiger partial charge on any atom is 0.277 e. The summed E-state index contributed by atoms with van der Waals surface area (Å²) >= 11 is 1.84. The molecular weight excluding hydrogens is 699 g/mol. The second-order valence-electron chi connectivity index (χ2n) is 11.2. The molecule has 8 nitrogen and oxygen atoms in total. The standard InChI is InChI=1S/C35H51N4O4S.HI/c1-6-16-38(18-11-17-36(2)3)34-27-29(28-35-37(4)32-14-9-10-15-33(32)44-35)30-12-7-8-13-31(30)39(34)19-20-41-23-24-43-26-25-42-22-21-40-5;/h7-10,12-15,27-28H,6,11,16-26H2,1-5H3;1H/q+1;/p-1. The third-order valence-corrected chi connectivity index (χ3v) is 8.77. The Labute approximate surface area is 291 Å². The summed E-state index contributed by atoms with van der Waals surface area (Å²) in [5.41, 5.74) is 3.72. The molecule has 0 spiro atoms. The van der Waals surface area contributed by atoms with Gasteiger partial charge in [0.05, 0.1) is 70.1 Å². The van der Waals surface area contributed by atoms with Crippen LogP contribution in [0.3, 0.4) is 0 Å². The molecule has 0 radical (unpaired) electrons. The summed E-state index contributed by atoms with van der Waals surface area (Å²) in [5, 5.41) is 2.48. The Bertz CT molecular complexity index is 1340. The second kappa shape index (κ2) is 20.3. The molecule has 0 fully saturated rings. The number of benzene rings is 2. The number of rotatable bonds is 20. The van der Waals surface area contributed by atoms with Gasteiger partial charge in [-0.3, -0.25) is 4.90 Å². The summed E-state index contributed by atoms with van der Waals surface area (Å²) in [6.07, 6.45) is 4.55. The fourth-order valence-corrected chi connectivity index (χ4v) is 6.50. The summed E-state index contributed by atoms with van der Waals surface area (Å²) in [4.78, 5) is 8.43. The molecule has 0 atom stereocenters. The monoisotopic (exact) mass is 750 g/mol. The van der Waals surface area contributed by atoms with Crippen molar-refractivity contribution in [3.8, 4) is 0 Å². The lowest BCUT2D eigenvalue weighted by molar-refractivity contribution is -0.661. The highest BCUT2D eigenvalue weighted by atomic mass is 127.